The maximum atomic E-state index is 13.5. The first-order chi connectivity index (χ1) is 69.6. The highest BCUT2D eigenvalue weighted by molar-refractivity contribution is 8.00. The molecule has 28 nitrogen and oxygen atoms in total. The van der Waals surface area contributed by atoms with Crippen LogP contribution < -0.4 is 52.8 Å². The fourth-order valence-corrected chi connectivity index (χ4v) is 22.7. The predicted molar refractivity (Wildman–Crippen MR) is 552 cm³/mol. The number of primary amides is 2. The number of carbonyl (C=O) groups is 5. The van der Waals surface area contributed by atoms with E-state index in [0.29, 0.717) is 89.3 Å². The van der Waals surface area contributed by atoms with Gasteiger partial charge >= 0.3 is 24.6 Å². The van der Waals surface area contributed by atoms with E-state index in [-0.39, 0.29) is 32.0 Å². The maximum Gasteiger partial charge on any atom is 0.416 e. The molecule has 788 valence electrons. The monoisotopic (exact) mass is 2090 g/mol. The van der Waals surface area contributed by atoms with Gasteiger partial charge in [0.2, 0.25) is 23.6 Å². The minimum Gasteiger partial charge on any atom is -0.444 e. The van der Waals surface area contributed by atoms with Gasteiger partial charge in [0.15, 0.2) is 0 Å². The Bertz CT molecular complexity index is 5470. The van der Waals surface area contributed by atoms with Crippen LogP contribution in [0.1, 0.15) is 76.0 Å². The van der Waals surface area contributed by atoms with E-state index in [9.17, 15) is 63.5 Å². The number of para-hydroxylation sites is 5. The second-order valence-electron chi connectivity index (χ2n) is 37.4. The Kier molecular flexibility index (Phi) is 42.3. The van der Waals surface area contributed by atoms with Gasteiger partial charge in [-0.2, -0.15) is 39.5 Å². The molecular weight excluding hydrogens is 1960 g/mol. The van der Waals surface area contributed by atoms with Crippen molar-refractivity contribution in [1.29, 1.82) is 0 Å². The molecule has 11 N–H and O–H groups in total. The standard InChI is InChI=1S/C31H41F3N6O4S.C26H33F3N6O2S.C24H30F3N3O2S.C23H31N3O2S/c1-30(2,3)44-29(43)37-22(20-27(35)41)28(42)36-11-14-39-17-15-38(16-18-39)12-6-13-40-23-7-4-5-8-25(23)45-26-10-9-21(19-24(26)40)31(32,33)34;27-26(28,29)18-6-7-23-21(16-18)35(20-4-1-2-5-22(20)38-23)10-3-9-33-12-14-34(15-13-33)11-8-32-25(37)19(30)17-24(31)36;25-24(26,27)19-6-7-23-21(18-19)30(20-4-1-2-5-22(20)33-23)9-3-8-28-10-12-29(13-11-28)14-16-32-17-15-31;27-17-19-28-18-16-25-14-12-24(13-15-25)10-5-11-26-20-6-1-3-8-22(20)29-23-9-4-2-7-21(23)26/h4-5,7-10,19,22H,6,11-18,20H2,1-3H3,(H2,35,41)(H,36,42)(H,37,43);1-2,4-7,16,19H,3,8-15,17,30H2,(H2,31,36)(H,32,37);1-2,4-7,18,31H,3,8-17H2;1-4,6-9,27H,5,10-19H2/t22-;19-;;/m00../s1. The first-order valence-electron chi connectivity index (χ1n) is 49.6. The van der Waals surface area contributed by atoms with Crippen molar-refractivity contribution >= 4 is 122 Å². The topological polar surface area (TPSA) is 307 Å². The number of fused-ring (bicyclic) bond motifs is 8. The van der Waals surface area contributed by atoms with Gasteiger partial charge in [0.25, 0.3) is 0 Å². The second kappa shape index (κ2) is 54.5. The van der Waals surface area contributed by atoms with E-state index in [4.69, 9.17) is 41.6 Å². The number of rotatable bonds is 39. The Morgan fingerprint density at radius 1 is 0.338 bits per heavy atom. The second-order valence-corrected chi connectivity index (χ2v) is 41.8. The molecule has 0 spiro atoms. The molecule has 0 saturated carbocycles. The molecule has 8 aromatic carbocycles. The fraction of sp³-hybridized carbons (Fsp3) is 0.490. The first kappa shape index (κ1) is 113. The van der Waals surface area contributed by atoms with Gasteiger partial charge in [-0.05, 0) is 188 Å². The zero-order valence-electron chi connectivity index (χ0n) is 82.4. The van der Waals surface area contributed by atoms with E-state index in [2.05, 4.69) is 109 Å². The number of hydrogen-bond acceptors (Lipinski definition) is 27. The number of anilines is 8. The summed E-state index contributed by atoms with van der Waals surface area (Å²) in [7, 11) is 0. The summed E-state index contributed by atoms with van der Waals surface area (Å²) >= 11 is 6.39. The number of piperazine rings is 4. The van der Waals surface area contributed by atoms with E-state index in [1.807, 2.05) is 99.3 Å². The molecule has 0 unspecified atom stereocenters. The van der Waals surface area contributed by atoms with Crippen LogP contribution in [-0.2, 0) is 51.9 Å². The van der Waals surface area contributed by atoms with Crippen LogP contribution in [0.15, 0.2) is 215 Å². The highest BCUT2D eigenvalue weighted by Crippen LogP contribution is 2.54. The molecule has 0 aliphatic carbocycles. The Hall–Kier alpha value is -9.64. The van der Waals surface area contributed by atoms with Gasteiger partial charge in [0.05, 0.1) is 121 Å². The zero-order valence-corrected chi connectivity index (χ0v) is 85.7. The number of benzene rings is 8. The van der Waals surface area contributed by atoms with Crippen molar-refractivity contribution in [3.05, 3.63) is 193 Å². The molecule has 8 aliphatic heterocycles. The number of halogens is 9. The smallest absolute Gasteiger partial charge is 0.416 e. The van der Waals surface area contributed by atoms with Crippen LogP contribution in [0, 0.1) is 0 Å². The summed E-state index contributed by atoms with van der Waals surface area (Å²) in [4.78, 5) is 94.9. The van der Waals surface area contributed by atoms with E-state index < -0.39 is 76.7 Å². The van der Waals surface area contributed by atoms with Gasteiger partial charge < -0.3 is 96.8 Å². The highest BCUT2D eigenvalue weighted by Gasteiger charge is 2.39. The lowest BCUT2D eigenvalue weighted by Crippen LogP contribution is -2.52. The Balaban J connectivity index is 0.000000164. The molecule has 8 aliphatic rings. The number of alkyl halides is 9. The summed E-state index contributed by atoms with van der Waals surface area (Å²) in [6.45, 7) is 32.9. The summed E-state index contributed by atoms with van der Waals surface area (Å²) < 4.78 is 137. The molecule has 0 bridgehead atoms. The number of nitrogens with zero attached hydrogens (tertiary/aromatic N) is 12. The lowest BCUT2D eigenvalue weighted by Gasteiger charge is -2.36. The summed E-state index contributed by atoms with van der Waals surface area (Å²) in [5, 5.41) is 25.5. The third kappa shape index (κ3) is 33.9. The van der Waals surface area contributed by atoms with Crippen molar-refractivity contribution in [1.82, 2.24) is 55.1 Å². The van der Waals surface area contributed by atoms with Crippen molar-refractivity contribution < 1.29 is 87.9 Å². The molecule has 8 aromatic rings. The van der Waals surface area contributed by atoms with Crippen molar-refractivity contribution in [2.45, 2.75) is 135 Å². The van der Waals surface area contributed by atoms with Gasteiger partial charge in [-0.15, -0.1) is 0 Å². The zero-order chi connectivity index (χ0) is 103. The van der Waals surface area contributed by atoms with Gasteiger partial charge in [-0.3, -0.25) is 38.8 Å². The number of aliphatic hydroxyl groups excluding tert-OH is 2. The Morgan fingerprint density at radius 3 is 0.862 bits per heavy atom. The average Bonchev–Trinajstić information content (AvgIpc) is 0.773. The predicted octanol–water partition coefficient (Wildman–Crippen LogP) is 14.5. The number of carbonyl (C=O) groups excluding carboxylic acids is 5. The maximum absolute atomic E-state index is 13.5. The highest BCUT2D eigenvalue weighted by atomic mass is 32.2. The van der Waals surface area contributed by atoms with Crippen LogP contribution in [0.5, 0.6) is 0 Å². The van der Waals surface area contributed by atoms with Crippen LogP contribution in [0.2, 0.25) is 0 Å². The molecular formula is C104H135F9N18O10S4. The Labute approximate surface area is 860 Å². The fourth-order valence-electron chi connectivity index (χ4n) is 18.3. The molecule has 16 rings (SSSR count). The van der Waals surface area contributed by atoms with Gasteiger partial charge in [0.1, 0.15) is 11.6 Å². The van der Waals surface area contributed by atoms with Gasteiger partial charge in [-0.25, -0.2) is 4.79 Å². The molecule has 0 radical (unpaired) electrons. The van der Waals surface area contributed by atoms with Crippen molar-refractivity contribution in [2.24, 2.45) is 17.2 Å². The number of alkyl carbamates (subject to hydrolysis) is 1. The SMILES string of the molecule is CC(C)(C)OC(=O)N[C@@H](CC(N)=O)C(=O)NCCN1CCN(CCCN2c3ccccc3Sc3ccc(C(F)(F)F)cc32)CC1.NC(=O)C[C@H](N)C(=O)NCCN1CCN(CCCN2c3ccccc3Sc3ccc(C(F)(F)F)cc32)CC1.OCCOCCN1CCN(CCCN2c3ccccc3Sc3ccc(C(F)(F)F)cc32)CC1.OCCOCCN1CCN(CCCN2c3ccccc3Sc3ccccc32)CC1. The summed E-state index contributed by atoms with van der Waals surface area (Å²) in [5.41, 5.74) is 20.7. The minimum absolute atomic E-state index is 0.0515. The number of aliphatic hydroxyl groups is 2. The minimum atomic E-state index is -4.41. The summed E-state index contributed by atoms with van der Waals surface area (Å²) in [6, 6.07) is 50.9. The van der Waals surface area contributed by atoms with Crippen LogP contribution in [0.4, 0.5) is 89.8 Å². The van der Waals surface area contributed by atoms with Crippen LogP contribution in [-0.4, -0.2) is 333 Å². The Morgan fingerprint density at radius 2 is 0.593 bits per heavy atom. The number of amides is 5. The third-order valence-electron chi connectivity index (χ3n) is 25.9. The molecule has 0 aromatic heterocycles. The first-order valence-corrected chi connectivity index (χ1v) is 52.8. The number of ether oxygens (including phenoxy) is 3. The number of nitrogens with two attached hydrogens (primary N) is 3. The lowest BCUT2D eigenvalue weighted by atomic mass is 10.1. The largest absolute Gasteiger partial charge is 0.444 e. The number of nitrogens with one attached hydrogen (secondary N) is 3. The van der Waals surface area contributed by atoms with Gasteiger partial charge in [-0.1, -0.05) is 108 Å². The molecule has 41 heteroatoms. The third-order valence-corrected chi connectivity index (χ3v) is 30.4. The average molecular weight is 2100 g/mol. The molecule has 2 atom stereocenters. The molecule has 8 heterocycles. The van der Waals surface area contributed by atoms with E-state index in [1.54, 1.807) is 39.0 Å². The van der Waals surface area contributed by atoms with Gasteiger partial charge in [0, 0.05) is 209 Å². The molecule has 145 heavy (non-hydrogen) atoms. The van der Waals surface area contributed by atoms with Crippen molar-refractivity contribution in [3.63, 3.8) is 0 Å². The molecule has 5 amide bonds. The lowest BCUT2D eigenvalue weighted by molar-refractivity contribution is -0.138. The van der Waals surface area contributed by atoms with Crippen molar-refractivity contribution in [2.75, 3.05) is 256 Å². The van der Waals surface area contributed by atoms with Crippen LogP contribution in [0.25, 0.3) is 0 Å². The quantitative estimate of drug-likeness (QED) is 0.0131. The summed E-state index contributed by atoms with van der Waals surface area (Å²) in [5.74, 6) is -2.23. The summed E-state index contributed by atoms with van der Waals surface area (Å²) in [6.07, 6.45) is -10.9. The van der Waals surface area contributed by atoms with E-state index in [1.165, 1.54) is 80.7 Å². The van der Waals surface area contributed by atoms with Crippen LogP contribution in [0.3, 0.4) is 0 Å². The molecule has 4 fully saturated rings. The number of hydrogen-bond donors (Lipinski definition) is 8. The van der Waals surface area contributed by atoms with E-state index >= 15 is 0 Å². The van der Waals surface area contributed by atoms with Crippen molar-refractivity contribution in [3.8, 4) is 0 Å². The molecule has 4 saturated heterocycles. The van der Waals surface area contributed by atoms with E-state index in [0.717, 1.165) is 235 Å². The normalized spacial score (nSPS) is 16.9. The van der Waals surface area contributed by atoms with Crippen LogP contribution >= 0.6 is 47.0 Å².